The first-order chi connectivity index (χ1) is 10.2. The van der Waals surface area contributed by atoms with Crippen LogP contribution >= 0.6 is 46.7 Å². The molecule has 0 radical (unpaired) electrons. The molecule has 2 N–H and O–H groups in total. The van der Waals surface area contributed by atoms with Gasteiger partial charge in [0.2, 0.25) is 0 Å². The van der Waals surface area contributed by atoms with E-state index >= 15 is 0 Å². The number of hydrogen-bond acceptors (Lipinski definition) is 3. The molecule has 0 fully saturated rings. The highest BCUT2D eigenvalue weighted by atomic mass is 127. The van der Waals surface area contributed by atoms with Crippen molar-refractivity contribution >= 4 is 52.6 Å². The Hall–Kier alpha value is -0.600. The summed E-state index contributed by atoms with van der Waals surface area (Å²) in [6.45, 7) is 5.25. The lowest BCUT2D eigenvalue weighted by molar-refractivity contribution is 0.645. The van der Waals surface area contributed by atoms with Crippen LogP contribution in [0.15, 0.2) is 34.6 Å². The lowest BCUT2D eigenvalue weighted by atomic mass is 10.2. The maximum absolute atomic E-state index is 4.29. The number of aryl methyl sites for hydroxylation is 1. The van der Waals surface area contributed by atoms with Crippen molar-refractivity contribution in [3.05, 3.63) is 44.3 Å². The Bertz CT molecular complexity index is 564. The molecule has 3 nitrogen and oxygen atoms in total. The molecule has 1 unspecified atom stereocenters. The van der Waals surface area contributed by atoms with Gasteiger partial charge in [0.05, 0.1) is 0 Å². The summed E-state index contributed by atoms with van der Waals surface area (Å²) in [6, 6.07) is 9.03. The summed E-state index contributed by atoms with van der Waals surface area (Å²) in [5.74, 6) is 0.882. The standard InChI is InChI=1S/C16H23N3S2.HI/c1-12(11-15-7-6-13(2)21-15)19-16(17-3)18-9-8-14-5-4-10-20-14;/h4-7,10,12H,8-9,11H2,1-3H3,(H2,17,18,19);1H. The molecule has 6 heteroatoms. The average Bonchev–Trinajstić information content (AvgIpc) is 3.09. The van der Waals surface area contributed by atoms with Crippen LogP contribution in [0.3, 0.4) is 0 Å². The minimum absolute atomic E-state index is 0. The van der Waals surface area contributed by atoms with Crippen LogP contribution in [0.4, 0.5) is 0 Å². The quantitative estimate of drug-likeness (QED) is 0.396. The van der Waals surface area contributed by atoms with Gasteiger partial charge in [0.1, 0.15) is 0 Å². The highest BCUT2D eigenvalue weighted by Crippen LogP contribution is 2.16. The van der Waals surface area contributed by atoms with E-state index in [2.05, 4.69) is 59.1 Å². The predicted molar refractivity (Wildman–Crippen MR) is 110 cm³/mol. The van der Waals surface area contributed by atoms with Crippen molar-refractivity contribution in [2.75, 3.05) is 13.6 Å². The average molecular weight is 449 g/mol. The minimum Gasteiger partial charge on any atom is -0.356 e. The molecular weight excluding hydrogens is 425 g/mol. The number of nitrogens with one attached hydrogen (secondary N) is 2. The summed E-state index contributed by atoms with van der Waals surface area (Å²) in [4.78, 5) is 8.49. The maximum atomic E-state index is 4.29. The molecule has 2 aromatic rings. The highest BCUT2D eigenvalue weighted by molar-refractivity contribution is 14.0. The zero-order valence-electron chi connectivity index (χ0n) is 13.3. The Labute approximate surface area is 158 Å². The van der Waals surface area contributed by atoms with Gasteiger partial charge in [-0.15, -0.1) is 46.7 Å². The third kappa shape index (κ3) is 6.66. The Morgan fingerprint density at radius 3 is 2.68 bits per heavy atom. The summed E-state index contributed by atoms with van der Waals surface area (Å²) in [6.07, 6.45) is 2.07. The van der Waals surface area contributed by atoms with Crippen LogP contribution in [-0.4, -0.2) is 25.6 Å². The van der Waals surface area contributed by atoms with Crippen LogP contribution in [0.1, 0.15) is 21.6 Å². The van der Waals surface area contributed by atoms with E-state index < -0.39 is 0 Å². The molecular formula is C16H24IN3S2. The number of guanidine groups is 1. The fourth-order valence-electron chi connectivity index (χ4n) is 2.13. The zero-order valence-corrected chi connectivity index (χ0v) is 17.2. The number of thiophene rings is 2. The normalized spacial score (nSPS) is 12.6. The van der Waals surface area contributed by atoms with Crippen molar-refractivity contribution in [2.45, 2.75) is 32.7 Å². The van der Waals surface area contributed by atoms with Crippen molar-refractivity contribution in [1.29, 1.82) is 0 Å². The van der Waals surface area contributed by atoms with Crippen LogP contribution in [0, 0.1) is 6.92 Å². The van der Waals surface area contributed by atoms with E-state index in [9.17, 15) is 0 Å². The summed E-state index contributed by atoms with van der Waals surface area (Å²) < 4.78 is 0. The predicted octanol–water partition coefficient (Wildman–Crippen LogP) is 4.07. The highest BCUT2D eigenvalue weighted by Gasteiger charge is 2.07. The molecule has 0 aliphatic rings. The first-order valence-electron chi connectivity index (χ1n) is 7.22. The lowest BCUT2D eigenvalue weighted by Gasteiger charge is -2.17. The van der Waals surface area contributed by atoms with Gasteiger partial charge in [0, 0.05) is 40.7 Å². The Morgan fingerprint density at radius 2 is 2.09 bits per heavy atom. The van der Waals surface area contributed by atoms with E-state index in [0.717, 1.165) is 25.3 Å². The van der Waals surface area contributed by atoms with Crippen molar-refractivity contribution in [3.8, 4) is 0 Å². The van der Waals surface area contributed by atoms with Crippen LogP contribution in [0.25, 0.3) is 0 Å². The SMILES string of the molecule is CN=C(NCCc1cccs1)NC(C)Cc1ccc(C)s1.I. The van der Waals surface area contributed by atoms with Crippen molar-refractivity contribution in [2.24, 2.45) is 4.99 Å². The van der Waals surface area contributed by atoms with Gasteiger partial charge < -0.3 is 10.6 Å². The minimum atomic E-state index is 0. The van der Waals surface area contributed by atoms with Crippen molar-refractivity contribution in [1.82, 2.24) is 10.6 Å². The molecule has 0 bridgehead atoms. The van der Waals surface area contributed by atoms with E-state index in [1.807, 2.05) is 18.4 Å². The smallest absolute Gasteiger partial charge is 0.191 e. The largest absolute Gasteiger partial charge is 0.356 e. The summed E-state index contributed by atoms with van der Waals surface area (Å²) in [7, 11) is 1.82. The van der Waals surface area contributed by atoms with E-state index in [1.165, 1.54) is 14.6 Å². The summed E-state index contributed by atoms with van der Waals surface area (Å²) in [5.41, 5.74) is 0. The van der Waals surface area contributed by atoms with Crippen molar-refractivity contribution < 1.29 is 0 Å². The van der Waals surface area contributed by atoms with E-state index in [0.29, 0.717) is 6.04 Å². The number of nitrogens with zero attached hydrogens (tertiary/aromatic N) is 1. The monoisotopic (exact) mass is 449 g/mol. The van der Waals surface area contributed by atoms with Crippen LogP contribution in [0.5, 0.6) is 0 Å². The number of rotatable bonds is 6. The Balaban J connectivity index is 0.00000242. The van der Waals surface area contributed by atoms with Crippen LogP contribution in [-0.2, 0) is 12.8 Å². The molecule has 1 atom stereocenters. The Kier molecular flexibility index (Phi) is 9.04. The molecule has 0 aliphatic carbocycles. The number of hydrogen-bond donors (Lipinski definition) is 2. The molecule has 122 valence electrons. The number of halogens is 1. The number of aliphatic imine (C=N–C) groups is 1. The molecule has 0 saturated heterocycles. The third-order valence-corrected chi connectivity index (χ3v) is 5.11. The summed E-state index contributed by atoms with van der Waals surface area (Å²) in [5, 5.41) is 8.95. The molecule has 0 aliphatic heterocycles. The van der Waals surface area contributed by atoms with Crippen LogP contribution in [0.2, 0.25) is 0 Å². The zero-order chi connectivity index (χ0) is 15.1. The van der Waals surface area contributed by atoms with Gasteiger partial charge in [0.25, 0.3) is 0 Å². The first kappa shape index (κ1) is 19.4. The van der Waals surface area contributed by atoms with E-state index in [1.54, 1.807) is 11.3 Å². The second-order valence-electron chi connectivity index (χ2n) is 5.09. The molecule has 0 spiro atoms. The second kappa shape index (κ2) is 10.2. The van der Waals surface area contributed by atoms with Gasteiger partial charge in [-0.2, -0.15) is 0 Å². The molecule has 22 heavy (non-hydrogen) atoms. The molecule has 2 heterocycles. The molecule has 2 rings (SSSR count). The fraction of sp³-hybridized carbons (Fsp3) is 0.438. The van der Waals surface area contributed by atoms with E-state index in [4.69, 9.17) is 0 Å². The third-order valence-electron chi connectivity index (χ3n) is 3.15. The fourth-order valence-corrected chi connectivity index (χ4v) is 3.86. The van der Waals surface area contributed by atoms with Gasteiger partial charge in [-0.05, 0) is 43.8 Å². The topological polar surface area (TPSA) is 36.4 Å². The van der Waals surface area contributed by atoms with Gasteiger partial charge in [-0.1, -0.05) is 6.07 Å². The maximum Gasteiger partial charge on any atom is 0.191 e. The second-order valence-corrected chi connectivity index (χ2v) is 7.49. The van der Waals surface area contributed by atoms with Crippen LogP contribution < -0.4 is 10.6 Å². The molecule has 0 aromatic carbocycles. The molecule has 2 aromatic heterocycles. The van der Waals surface area contributed by atoms with Gasteiger partial charge in [0.15, 0.2) is 5.96 Å². The van der Waals surface area contributed by atoms with Gasteiger partial charge in [-0.25, -0.2) is 0 Å². The van der Waals surface area contributed by atoms with Gasteiger partial charge in [-0.3, -0.25) is 4.99 Å². The van der Waals surface area contributed by atoms with E-state index in [-0.39, 0.29) is 24.0 Å². The molecule has 0 amide bonds. The van der Waals surface area contributed by atoms with Crippen molar-refractivity contribution in [3.63, 3.8) is 0 Å². The lowest BCUT2D eigenvalue weighted by Crippen LogP contribution is -2.43. The first-order valence-corrected chi connectivity index (χ1v) is 8.92. The van der Waals surface area contributed by atoms with Gasteiger partial charge >= 0.3 is 0 Å². The molecule has 0 saturated carbocycles. The Morgan fingerprint density at radius 1 is 1.27 bits per heavy atom. The summed E-state index contributed by atoms with van der Waals surface area (Å²) >= 11 is 3.67.